The van der Waals surface area contributed by atoms with Gasteiger partial charge in [0.2, 0.25) is 0 Å². The van der Waals surface area contributed by atoms with Gasteiger partial charge in [0, 0.05) is 11.4 Å². The summed E-state index contributed by atoms with van der Waals surface area (Å²) in [5.74, 6) is 1.19. The number of ether oxygens (including phenoxy) is 2. The van der Waals surface area contributed by atoms with Gasteiger partial charge in [-0.1, -0.05) is 35.9 Å². The van der Waals surface area contributed by atoms with E-state index in [-0.39, 0.29) is 5.92 Å². The first kappa shape index (κ1) is 16.2. The Kier molecular flexibility index (Phi) is 6.12. The van der Waals surface area contributed by atoms with Crippen LogP contribution in [0.25, 0.3) is 0 Å². The molecule has 2 aromatic carbocycles. The normalized spacial score (nSPS) is 11.5. The smallest absolute Gasteiger partial charge is 0.161 e. The first-order valence-corrected chi connectivity index (χ1v) is 7.62. The van der Waals surface area contributed by atoms with Gasteiger partial charge in [-0.2, -0.15) is 5.26 Å². The summed E-state index contributed by atoms with van der Waals surface area (Å²) in [6, 6.07) is 17.2. The Labute approximate surface area is 136 Å². The summed E-state index contributed by atoms with van der Waals surface area (Å²) in [6.45, 7) is 2.96. The Bertz CT molecular complexity index is 652. The Morgan fingerprint density at radius 1 is 1.09 bits per heavy atom. The predicted molar refractivity (Wildman–Crippen MR) is 87.5 cm³/mol. The summed E-state index contributed by atoms with van der Waals surface area (Å²) in [4.78, 5) is 0. The van der Waals surface area contributed by atoms with Crippen molar-refractivity contribution in [3.05, 3.63) is 59.1 Å². The Morgan fingerprint density at radius 2 is 1.82 bits per heavy atom. The lowest BCUT2D eigenvalue weighted by molar-refractivity contribution is 0.271. The Hall–Kier alpha value is -2.18. The molecule has 0 aliphatic carbocycles. The fraction of sp³-hybridized carbons (Fsp3) is 0.278. The minimum Gasteiger partial charge on any atom is -0.490 e. The van der Waals surface area contributed by atoms with Gasteiger partial charge >= 0.3 is 0 Å². The summed E-state index contributed by atoms with van der Waals surface area (Å²) in [7, 11) is 0. The van der Waals surface area contributed by atoms with Crippen molar-refractivity contribution >= 4 is 11.6 Å². The largest absolute Gasteiger partial charge is 0.490 e. The monoisotopic (exact) mass is 315 g/mol. The molecule has 0 heterocycles. The topological polar surface area (TPSA) is 42.2 Å². The van der Waals surface area contributed by atoms with Crippen LogP contribution in [0, 0.1) is 11.3 Å². The molecule has 3 nitrogen and oxygen atoms in total. The fourth-order valence-electron chi connectivity index (χ4n) is 2.16. The number of hydrogen-bond acceptors (Lipinski definition) is 3. The first-order valence-electron chi connectivity index (χ1n) is 7.24. The maximum Gasteiger partial charge on any atom is 0.161 e. The van der Waals surface area contributed by atoms with Crippen LogP contribution >= 0.6 is 11.6 Å². The molecule has 22 heavy (non-hydrogen) atoms. The van der Waals surface area contributed by atoms with E-state index in [9.17, 15) is 5.26 Å². The summed E-state index contributed by atoms with van der Waals surface area (Å²) >= 11 is 5.97. The van der Waals surface area contributed by atoms with E-state index in [0.29, 0.717) is 30.4 Å². The van der Waals surface area contributed by atoms with Crippen molar-refractivity contribution in [2.24, 2.45) is 0 Å². The molecule has 4 heteroatoms. The minimum atomic E-state index is -0.238. The number of benzene rings is 2. The van der Waals surface area contributed by atoms with E-state index in [1.807, 2.05) is 49.4 Å². The molecule has 0 aliphatic heterocycles. The summed E-state index contributed by atoms with van der Waals surface area (Å²) in [5, 5.41) is 9.97. The third-order valence-corrected chi connectivity index (χ3v) is 3.46. The van der Waals surface area contributed by atoms with Crippen LogP contribution in [0.5, 0.6) is 11.5 Å². The molecule has 114 valence electrons. The van der Waals surface area contributed by atoms with Gasteiger partial charge in [0.25, 0.3) is 0 Å². The molecule has 2 aromatic rings. The van der Waals surface area contributed by atoms with E-state index in [0.717, 1.165) is 11.3 Å². The van der Waals surface area contributed by atoms with Crippen LogP contribution in [0.3, 0.4) is 0 Å². The molecular formula is C18H18ClNO2. The summed E-state index contributed by atoms with van der Waals surface area (Å²) in [6.07, 6.45) is 0.595. The molecule has 0 radical (unpaired) electrons. The quantitative estimate of drug-likeness (QED) is 0.736. The molecule has 0 saturated carbocycles. The first-order chi connectivity index (χ1) is 10.7. The highest BCUT2D eigenvalue weighted by molar-refractivity contribution is 6.30. The van der Waals surface area contributed by atoms with Crippen molar-refractivity contribution in [2.75, 3.05) is 13.2 Å². The Balaban J connectivity index is 1.96. The number of hydrogen-bond donors (Lipinski definition) is 0. The number of para-hydroxylation sites is 2. The van der Waals surface area contributed by atoms with E-state index >= 15 is 0 Å². The molecule has 0 bridgehead atoms. The molecule has 0 fully saturated rings. The molecule has 0 N–H and O–H groups in total. The lowest BCUT2D eigenvalue weighted by atomic mass is 9.98. The molecule has 1 atom stereocenters. The zero-order valence-electron chi connectivity index (χ0n) is 12.5. The van der Waals surface area contributed by atoms with E-state index in [1.165, 1.54) is 0 Å². The van der Waals surface area contributed by atoms with Gasteiger partial charge in [-0.05, 0) is 36.8 Å². The molecule has 0 spiro atoms. The van der Waals surface area contributed by atoms with Gasteiger partial charge < -0.3 is 9.47 Å². The molecule has 0 aromatic heterocycles. The highest BCUT2D eigenvalue weighted by Crippen LogP contribution is 2.28. The summed E-state index contributed by atoms with van der Waals surface area (Å²) in [5.41, 5.74) is 0.914. The number of nitrogens with zero attached hydrogens (tertiary/aromatic N) is 1. The summed E-state index contributed by atoms with van der Waals surface area (Å²) < 4.78 is 11.3. The van der Waals surface area contributed by atoms with E-state index in [1.54, 1.807) is 6.07 Å². The van der Waals surface area contributed by atoms with Gasteiger partial charge in [-0.15, -0.1) is 0 Å². The number of halogens is 1. The second-order valence-electron chi connectivity index (χ2n) is 4.75. The zero-order chi connectivity index (χ0) is 15.8. The number of rotatable bonds is 7. The lowest BCUT2D eigenvalue weighted by Crippen LogP contribution is -2.05. The zero-order valence-corrected chi connectivity index (χ0v) is 13.2. The van der Waals surface area contributed by atoms with Crippen LogP contribution in [0.2, 0.25) is 5.02 Å². The van der Waals surface area contributed by atoms with Crippen LogP contribution in [-0.4, -0.2) is 13.2 Å². The Morgan fingerprint density at radius 3 is 2.45 bits per heavy atom. The van der Waals surface area contributed by atoms with Gasteiger partial charge in [-0.3, -0.25) is 0 Å². The highest BCUT2D eigenvalue weighted by atomic mass is 35.5. The van der Waals surface area contributed by atoms with E-state index < -0.39 is 0 Å². The fourth-order valence-corrected chi connectivity index (χ4v) is 2.36. The van der Waals surface area contributed by atoms with Crippen LogP contribution in [0.15, 0.2) is 48.5 Å². The van der Waals surface area contributed by atoms with Crippen LogP contribution in [0.4, 0.5) is 0 Å². The van der Waals surface area contributed by atoms with Crippen molar-refractivity contribution < 1.29 is 9.47 Å². The van der Waals surface area contributed by atoms with Crippen molar-refractivity contribution in [1.29, 1.82) is 5.26 Å². The van der Waals surface area contributed by atoms with Crippen molar-refractivity contribution in [1.82, 2.24) is 0 Å². The standard InChI is InChI=1S/C18H18ClNO2/c1-2-21-17-8-3-4-9-18(17)22-11-10-15(13-20)14-6-5-7-16(19)12-14/h3-9,12,15H,2,10-11H2,1H3. The second-order valence-corrected chi connectivity index (χ2v) is 5.19. The lowest BCUT2D eigenvalue weighted by Gasteiger charge is -2.13. The third kappa shape index (κ3) is 4.41. The predicted octanol–water partition coefficient (Wildman–Crippen LogP) is 4.81. The third-order valence-electron chi connectivity index (χ3n) is 3.22. The second kappa shape index (κ2) is 8.31. The maximum atomic E-state index is 9.33. The molecule has 0 aliphatic rings. The van der Waals surface area contributed by atoms with Gasteiger partial charge in [0.15, 0.2) is 11.5 Å². The maximum absolute atomic E-state index is 9.33. The SMILES string of the molecule is CCOc1ccccc1OCCC(C#N)c1cccc(Cl)c1. The molecule has 0 saturated heterocycles. The molecule has 1 unspecified atom stereocenters. The van der Waals surface area contributed by atoms with E-state index in [2.05, 4.69) is 6.07 Å². The van der Waals surface area contributed by atoms with Gasteiger partial charge in [0.1, 0.15) is 0 Å². The highest BCUT2D eigenvalue weighted by Gasteiger charge is 2.12. The van der Waals surface area contributed by atoms with Crippen LogP contribution in [-0.2, 0) is 0 Å². The average molecular weight is 316 g/mol. The number of nitriles is 1. The minimum absolute atomic E-state index is 0.238. The average Bonchev–Trinajstić information content (AvgIpc) is 2.53. The van der Waals surface area contributed by atoms with Crippen LogP contribution in [0.1, 0.15) is 24.8 Å². The van der Waals surface area contributed by atoms with Crippen molar-refractivity contribution in [2.45, 2.75) is 19.3 Å². The molecular weight excluding hydrogens is 298 g/mol. The molecule has 2 rings (SSSR count). The van der Waals surface area contributed by atoms with Crippen molar-refractivity contribution in [3.8, 4) is 17.6 Å². The van der Waals surface area contributed by atoms with Gasteiger partial charge in [0.05, 0.1) is 25.2 Å². The van der Waals surface area contributed by atoms with Gasteiger partial charge in [-0.25, -0.2) is 0 Å². The van der Waals surface area contributed by atoms with Crippen molar-refractivity contribution in [3.63, 3.8) is 0 Å². The van der Waals surface area contributed by atoms with Crippen LogP contribution < -0.4 is 9.47 Å². The van der Waals surface area contributed by atoms with E-state index in [4.69, 9.17) is 21.1 Å². The molecule has 0 amide bonds.